The molecule has 0 bridgehead atoms. The van der Waals surface area contributed by atoms with Crippen LogP contribution in [-0.2, 0) is 0 Å². The van der Waals surface area contributed by atoms with Crippen LogP contribution in [0.4, 0.5) is 20.2 Å². The molecule has 1 N–H and O–H groups in total. The number of rotatable bonds is 6. The molecule has 0 saturated carbocycles. The van der Waals surface area contributed by atoms with E-state index >= 15 is 0 Å². The fraction of sp³-hybridized carbons (Fsp3) is 0.167. The van der Waals surface area contributed by atoms with Gasteiger partial charge < -0.3 is 14.6 Å². The normalized spacial score (nSPS) is 11.6. The average molecular weight is 462 g/mol. The zero-order valence-electron chi connectivity index (χ0n) is 18.6. The molecule has 1 atom stereocenters. The van der Waals surface area contributed by atoms with Gasteiger partial charge in [0.25, 0.3) is 5.56 Å². The minimum atomic E-state index is -0.826. The molecule has 0 radical (unpaired) electrons. The molecular formula is C24H20F2N6O2. The van der Waals surface area contributed by atoms with Gasteiger partial charge in [0.15, 0.2) is 5.69 Å². The van der Waals surface area contributed by atoms with Crippen molar-refractivity contribution < 1.29 is 13.5 Å². The van der Waals surface area contributed by atoms with Crippen LogP contribution in [0.15, 0.2) is 59.8 Å². The highest BCUT2D eigenvalue weighted by Crippen LogP contribution is 2.28. The first-order chi connectivity index (χ1) is 16.3. The van der Waals surface area contributed by atoms with E-state index < -0.39 is 23.2 Å². The van der Waals surface area contributed by atoms with E-state index in [1.54, 1.807) is 31.5 Å². The maximum atomic E-state index is 13.7. The molecule has 0 amide bonds. The van der Waals surface area contributed by atoms with Crippen LogP contribution in [0, 0.1) is 29.9 Å². The van der Waals surface area contributed by atoms with Crippen LogP contribution < -0.4 is 15.6 Å². The Bertz CT molecular complexity index is 1450. The predicted octanol–water partition coefficient (Wildman–Crippen LogP) is 4.25. The largest absolute Gasteiger partial charge is 0.494 e. The molecule has 4 aromatic rings. The highest BCUT2D eigenvalue weighted by Gasteiger charge is 2.18. The Morgan fingerprint density at radius 2 is 1.88 bits per heavy atom. The minimum Gasteiger partial charge on any atom is -0.494 e. The van der Waals surface area contributed by atoms with E-state index in [0.29, 0.717) is 11.4 Å². The summed E-state index contributed by atoms with van der Waals surface area (Å²) in [6.45, 7) is 3.44. The summed E-state index contributed by atoms with van der Waals surface area (Å²) in [4.78, 5) is 17.4. The van der Waals surface area contributed by atoms with Crippen molar-refractivity contribution in [2.75, 3.05) is 12.4 Å². The summed E-state index contributed by atoms with van der Waals surface area (Å²) < 4.78 is 35.8. The predicted molar refractivity (Wildman–Crippen MR) is 122 cm³/mol. The first-order valence-electron chi connectivity index (χ1n) is 10.2. The van der Waals surface area contributed by atoms with Gasteiger partial charge in [-0.2, -0.15) is 10.4 Å². The zero-order valence-corrected chi connectivity index (χ0v) is 18.6. The number of imidazole rings is 1. The van der Waals surface area contributed by atoms with Crippen molar-refractivity contribution in [1.29, 1.82) is 5.26 Å². The van der Waals surface area contributed by atoms with Gasteiger partial charge in [-0.3, -0.25) is 4.79 Å². The molecule has 8 nitrogen and oxygen atoms in total. The molecule has 4 rings (SSSR count). The van der Waals surface area contributed by atoms with Crippen LogP contribution in [0.3, 0.4) is 0 Å². The van der Waals surface area contributed by atoms with E-state index in [2.05, 4.69) is 15.4 Å². The van der Waals surface area contributed by atoms with Gasteiger partial charge in [-0.1, -0.05) is 0 Å². The fourth-order valence-corrected chi connectivity index (χ4v) is 3.55. The van der Waals surface area contributed by atoms with E-state index in [0.717, 1.165) is 34.3 Å². The summed E-state index contributed by atoms with van der Waals surface area (Å²) in [5.74, 6) is -1.02. The molecule has 0 fully saturated rings. The third-order valence-electron chi connectivity index (χ3n) is 5.23. The van der Waals surface area contributed by atoms with Crippen LogP contribution in [-0.4, -0.2) is 26.4 Å². The molecule has 0 aliphatic rings. The van der Waals surface area contributed by atoms with Crippen molar-refractivity contribution in [3.8, 4) is 17.5 Å². The lowest BCUT2D eigenvalue weighted by molar-refractivity contribution is 0.413. The quantitative estimate of drug-likeness (QED) is 0.460. The van der Waals surface area contributed by atoms with E-state index in [1.807, 2.05) is 23.8 Å². The summed E-state index contributed by atoms with van der Waals surface area (Å²) in [6, 6.07) is 10.6. The second-order valence-electron chi connectivity index (χ2n) is 7.62. The number of aromatic nitrogens is 4. The maximum Gasteiger partial charge on any atom is 0.291 e. The zero-order chi connectivity index (χ0) is 24.4. The molecule has 2 aromatic carbocycles. The van der Waals surface area contributed by atoms with Gasteiger partial charge in [-0.05, 0) is 43.7 Å². The van der Waals surface area contributed by atoms with Crippen LogP contribution in [0.2, 0.25) is 0 Å². The standard InChI is InChI=1S/C24H20F2N6O2/c1-14-12-31(13-28-14)22-5-4-19(10-23(22)34-3)29-21-9-20(11-27)30-32(24(21)33)15(2)16-6-17(25)8-18(26)7-16/h4-10,12-13,15,29H,1-3H3/t15-/m0/s1. The van der Waals surface area contributed by atoms with Crippen LogP contribution in [0.1, 0.15) is 29.9 Å². The second kappa shape index (κ2) is 9.15. The van der Waals surface area contributed by atoms with Gasteiger partial charge >= 0.3 is 0 Å². The molecule has 34 heavy (non-hydrogen) atoms. The summed E-state index contributed by atoms with van der Waals surface area (Å²) in [5.41, 5.74) is 1.80. The second-order valence-corrected chi connectivity index (χ2v) is 7.62. The Balaban J connectivity index is 1.73. The van der Waals surface area contributed by atoms with Gasteiger partial charge in [-0.15, -0.1) is 0 Å². The Kier molecular flexibility index (Phi) is 6.10. The number of benzene rings is 2. The lowest BCUT2D eigenvalue weighted by Crippen LogP contribution is -2.29. The first-order valence-corrected chi connectivity index (χ1v) is 10.2. The van der Waals surface area contributed by atoms with Crippen LogP contribution in [0.5, 0.6) is 5.75 Å². The Labute approximate surface area is 193 Å². The van der Waals surface area contributed by atoms with Crippen molar-refractivity contribution in [2.45, 2.75) is 19.9 Å². The molecule has 0 spiro atoms. The third kappa shape index (κ3) is 4.49. The number of methoxy groups -OCH3 is 1. The topological polar surface area (TPSA) is 97.8 Å². The Morgan fingerprint density at radius 1 is 1.15 bits per heavy atom. The highest BCUT2D eigenvalue weighted by atomic mass is 19.1. The molecular weight excluding hydrogens is 442 g/mol. The summed E-state index contributed by atoms with van der Waals surface area (Å²) in [5, 5.41) is 16.5. The number of nitrogens with zero attached hydrogens (tertiary/aromatic N) is 5. The highest BCUT2D eigenvalue weighted by molar-refractivity contribution is 5.65. The summed E-state index contributed by atoms with van der Waals surface area (Å²) in [7, 11) is 1.53. The molecule has 10 heteroatoms. The maximum absolute atomic E-state index is 13.7. The van der Waals surface area contributed by atoms with Crippen molar-refractivity contribution in [1.82, 2.24) is 19.3 Å². The molecule has 0 unspecified atom stereocenters. The number of anilines is 2. The van der Waals surface area contributed by atoms with Gasteiger partial charge in [0.2, 0.25) is 0 Å². The fourth-order valence-electron chi connectivity index (χ4n) is 3.55. The molecule has 2 heterocycles. The minimum absolute atomic E-state index is 0.0386. The summed E-state index contributed by atoms with van der Waals surface area (Å²) in [6.07, 6.45) is 3.51. The van der Waals surface area contributed by atoms with E-state index in [-0.39, 0.29) is 16.9 Å². The Morgan fingerprint density at radius 3 is 2.50 bits per heavy atom. The van der Waals surface area contributed by atoms with E-state index in [9.17, 15) is 18.8 Å². The van der Waals surface area contributed by atoms with Gasteiger partial charge in [0.05, 0.1) is 30.9 Å². The number of hydrogen-bond donors (Lipinski definition) is 1. The van der Waals surface area contributed by atoms with Crippen LogP contribution in [0.25, 0.3) is 5.69 Å². The molecule has 172 valence electrons. The number of ether oxygens (including phenoxy) is 1. The smallest absolute Gasteiger partial charge is 0.291 e. The number of nitrogens with one attached hydrogen (secondary N) is 1. The molecule has 0 aliphatic carbocycles. The molecule has 2 aromatic heterocycles. The van der Waals surface area contributed by atoms with Crippen molar-refractivity contribution in [2.24, 2.45) is 0 Å². The number of nitriles is 1. The Hall–Kier alpha value is -4.52. The molecule has 0 saturated heterocycles. The van der Waals surface area contributed by atoms with Crippen molar-refractivity contribution in [3.63, 3.8) is 0 Å². The first kappa shape index (κ1) is 22.7. The van der Waals surface area contributed by atoms with Gasteiger partial charge in [-0.25, -0.2) is 18.4 Å². The average Bonchev–Trinajstić information content (AvgIpc) is 3.25. The molecule has 0 aliphatic heterocycles. The lowest BCUT2D eigenvalue weighted by atomic mass is 10.1. The van der Waals surface area contributed by atoms with Crippen molar-refractivity contribution in [3.05, 3.63) is 93.9 Å². The van der Waals surface area contributed by atoms with Gasteiger partial charge in [0, 0.05) is 30.1 Å². The third-order valence-corrected chi connectivity index (χ3v) is 5.23. The SMILES string of the molecule is COc1cc(Nc2cc(C#N)nn([C@@H](C)c3cc(F)cc(F)c3)c2=O)ccc1-n1cnc(C)c1. The number of halogens is 2. The monoisotopic (exact) mass is 462 g/mol. The summed E-state index contributed by atoms with van der Waals surface area (Å²) >= 11 is 0. The lowest BCUT2D eigenvalue weighted by Gasteiger charge is -2.17. The van der Waals surface area contributed by atoms with E-state index in [1.165, 1.54) is 13.2 Å². The van der Waals surface area contributed by atoms with Crippen LogP contribution >= 0.6 is 0 Å². The van der Waals surface area contributed by atoms with Crippen molar-refractivity contribution >= 4 is 11.4 Å². The number of hydrogen-bond acceptors (Lipinski definition) is 6. The number of aryl methyl sites for hydroxylation is 1. The van der Waals surface area contributed by atoms with Gasteiger partial charge in [0.1, 0.15) is 29.1 Å². The van der Waals surface area contributed by atoms with E-state index in [4.69, 9.17) is 4.74 Å².